The molecule has 0 N–H and O–H groups in total. The van der Waals surface area contributed by atoms with E-state index in [1.165, 1.54) is 4.90 Å². The van der Waals surface area contributed by atoms with Gasteiger partial charge < -0.3 is 9.80 Å². The number of pyridine rings is 1. The Labute approximate surface area is 107 Å². The minimum absolute atomic E-state index is 0.0965. The molecule has 4 nitrogen and oxygen atoms in total. The number of amides is 1. The summed E-state index contributed by atoms with van der Waals surface area (Å²) in [7, 11) is 3.62. The Hall–Kier alpha value is -1.29. The average Bonchev–Trinajstić information content (AvgIpc) is 2.35. The molecule has 0 atom stereocenters. The van der Waals surface area contributed by atoms with Crippen molar-refractivity contribution in [2.24, 2.45) is 0 Å². The zero-order chi connectivity index (χ0) is 13.0. The summed E-state index contributed by atoms with van der Waals surface area (Å²) in [5.74, 6) is 0.689. The van der Waals surface area contributed by atoms with Gasteiger partial charge in [-0.15, -0.1) is 11.6 Å². The molecule has 0 bridgehead atoms. The van der Waals surface area contributed by atoms with Crippen LogP contribution in [0.5, 0.6) is 0 Å². The van der Waals surface area contributed by atoms with E-state index in [0.29, 0.717) is 11.6 Å². The second kappa shape index (κ2) is 5.87. The van der Waals surface area contributed by atoms with Gasteiger partial charge in [-0.2, -0.15) is 0 Å². The largest absolute Gasteiger partial charge is 0.357 e. The minimum atomic E-state index is -0.0965. The number of hydrogen-bond donors (Lipinski definition) is 0. The van der Waals surface area contributed by atoms with Crippen LogP contribution >= 0.6 is 11.6 Å². The van der Waals surface area contributed by atoms with Gasteiger partial charge >= 0.3 is 0 Å². The molecule has 1 heterocycles. The summed E-state index contributed by atoms with van der Waals surface area (Å²) < 4.78 is 0. The molecule has 0 saturated carbocycles. The molecule has 0 radical (unpaired) electrons. The highest BCUT2D eigenvalue weighted by Crippen LogP contribution is 2.14. The third kappa shape index (κ3) is 3.33. The van der Waals surface area contributed by atoms with E-state index < -0.39 is 0 Å². The fraction of sp³-hybridized carbons (Fsp3) is 0.500. The molecule has 0 aliphatic rings. The van der Waals surface area contributed by atoms with E-state index in [1.54, 1.807) is 25.4 Å². The summed E-state index contributed by atoms with van der Waals surface area (Å²) in [4.78, 5) is 19.6. The van der Waals surface area contributed by atoms with Gasteiger partial charge in [-0.05, 0) is 26.0 Å². The predicted octanol–water partition coefficient (Wildman–Crippen LogP) is 2.19. The smallest absolute Gasteiger partial charge is 0.254 e. The molecular formula is C12H18ClN3O. The lowest BCUT2D eigenvalue weighted by Gasteiger charge is -2.23. The van der Waals surface area contributed by atoms with Gasteiger partial charge in [0.1, 0.15) is 5.82 Å². The molecule has 0 fully saturated rings. The standard InChI is InChI=1S/C12H18ClN3O/c1-9(2)16(4)11-7-10(5-6-14-11)12(17)15(3)8-13/h5-7,9H,8H2,1-4H3. The minimum Gasteiger partial charge on any atom is -0.357 e. The first-order chi connectivity index (χ1) is 7.97. The maximum Gasteiger partial charge on any atom is 0.254 e. The van der Waals surface area contributed by atoms with Crippen LogP contribution in [0.2, 0.25) is 0 Å². The third-order valence-corrected chi connectivity index (χ3v) is 3.01. The van der Waals surface area contributed by atoms with Crippen molar-refractivity contribution in [3.05, 3.63) is 23.9 Å². The van der Waals surface area contributed by atoms with Crippen LogP contribution in [0.1, 0.15) is 24.2 Å². The molecular weight excluding hydrogens is 238 g/mol. The van der Waals surface area contributed by atoms with Crippen molar-refractivity contribution >= 4 is 23.3 Å². The van der Waals surface area contributed by atoms with Gasteiger partial charge in [0.2, 0.25) is 0 Å². The summed E-state index contributed by atoms with van der Waals surface area (Å²) in [6.07, 6.45) is 1.64. The van der Waals surface area contributed by atoms with E-state index in [1.807, 2.05) is 11.9 Å². The van der Waals surface area contributed by atoms with Gasteiger partial charge in [0.25, 0.3) is 5.91 Å². The lowest BCUT2D eigenvalue weighted by Crippen LogP contribution is -2.28. The molecule has 0 unspecified atom stereocenters. The number of anilines is 1. The fourth-order valence-electron chi connectivity index (χ4n) is 1.28. The maximum absolute atomic E-state index is 11.9. The molecule has 0 spiro atoms. The first-order valence-corrected chi connectivity index (χ1v) is 6.01. The van der Waals surface area contributed by atoms with Crippen molar-refractivity contribution in [2.75, 3.05) is 25.0 Å². The van der Waals surface area contributed by atoms with Gasteiger partial charge in [0.15, 0.2) is 0 Å². The normalized spacial score (nSPS) is 10.5. The molecule has 1 amide bonds. The maximum atomic E-state index is 11.9. The van der Waals surface area contributed by atoms with E-state index in [2.05, 4.69) is 18.8 Å². The van der Waals surface area contributed by atoms with Crippen LogP contribution in [0.15, 0.2) is 18.3 Å². The summed E-state index contributed by atoms with van der Waals surface area (Å²) >= 11 is 5.63. The summed E-state index contributed by atoms with van der Waals surface area (Å²) in [6.45, 7) is 4.14. The molecule has 5 heteroatoms. The quantitative estimate of drug-likeness (QED) is 0.611. The molecule has 17 heavy (non-hydrogen) atoms. The second-order valence-electron chi connectivity index (χ2n) is 4.23. The molecule has 0 aliphatic carbocycles. The Morgan fingerprint density at radius 2 is 2.12 bits per heavy atom. The Bertz CT molecular complexity index is 395. The van der Waals surface area contributed by atoms with E-state index >= 15 is 0 Å². The van der Waals surface area contributed by atoms with Gasteiger partial charge in [-0.25, -0.2) is 4.98 Å². The van der Waals surface area contributed by atoms with Crippen molar-refractivity contribution in [1.82, 2.24) is 9.88 Å². The zero-order valence-corrected chi connectivity index (χ0v) is 11.4. The number of aromatic nitrogens is 1. The molecule has 0 aliphatic heterocycles. The van der Waals surface area contributed by atoms with Crippen molar-refractivity contribution in [1.29, 1.82) is 0 Å². The average molecular weight is 256 g/mol. The number of alkyl halides is 1. The molecule has 1 aromatic rings. The van der Waals surface area contributed by atoms with Crippen molar-refractivity contribution in [3.8, 4) is 0 Å². The van der Waals surface area contributed by atoms with Gasteiger partial charge in [-0.3, -0.25) is 4.79 Å². The number of hydrogen-bond acceptors (Lipinski definition) is 3. The van der Waals surface area contributed by atoms with Crippen LogP contribution in [-0.2, 0) is 0 Å². The van der Waals surface area contributed by atoms with Crippen LogP contribution in [0.3, 0.4) is 0 Å². The monoisotopic (exact) mass is 255 g/mol. The lowest BCUT2D eigenvalue weighted by atomic mass is 10.2. The Kier molecular flexibility index (Phi) is 4.75. The number of halogens is 1. The number of rotatable bonds is 4. The number of carbonyl (C=O) groups excluding carboxylic acids is 1. The Morgan fingerprint density at radius 3 is 2.65 bits per heavy atom. The van der Waals surface area contributed by atoms with Gasteiger partial charge in [0, 0.05) is 31.9 Å². The van der Waals surface area contributed by atoms with E-state index in [4.69, 9.17) is 11.6 Å². The van der Waals surface area contributed by atoms with Crippen LogP contribution < -0.4 is 4.90 Å². The Balaban J connectivity index is 2.97. The van der Waals surface area contributed by atoms with Crippen LogP contribution in [0, 0.1) is 0 Å². The first-order valence-electron chi connectivity index (χ1n) is 5.47. The molecule has 0 saturated heterocycles. The predicted molar refractivity (Wildman–Crippen MR) is 70.6 cm³/mol. The summed E-state index contributed by atoms with van der Waals surface area (Å²) in [5.41, 5.74) is 0.602. The summed E-state index contributed by atoms with van der Waals surface area (Å²) in [6, 6.07) is 3.99. The summed E-state index contributed by atoms with van der Waals surface area (Å²) in [5, 5.41) is 0. The van der Waals surface area contributed by atoms with E-state index in [9.17, 15) is 4.79 Å². The van der Waals surface area contributed by atoms with Crippen LogP contribution in [-0.4, -0.2) is 41.9 Å². The highest BCUT2D eigenvalue weighted by Gasteiger charge is 2.13. The van der Waals surface area contributed by atoms with E-state index in [0.717, 1.165) is 5.82 Å². The highest BCUT2D eigenvalue weighted by atomic mass is 35.5. The highest BCUT2D eigenvalue weighted by molar-refractivity contribution is 6.19. The molecule has 1 aromatic heterocycles. The molecule has 1 rings (SSSR count). The zero-order valence-electron chi connectivity index (χ0n) is 10.6. The third-order valence-electron chi connectivity index (χ3n) is 2.65. The molecule has 94 valence electrons. The van der Waals surface area contributed by atoms with E-state index in [-0.39, 0.29) is 11.9 Å². The topological polar surface area (TPSA) is 36.4 Å². The first kappa shape index (κ1) is 13.8. The second-order valence-corrected chi connectivity index (χ2v) is 4.47. The SMILES string of the molecule is CC(C)N(C)c1cc(C(=O)N(C)CCl)ccn1. The number of carbonyl (C=O) groups is 1. The fourth-order valence-corrected chi connectivity index (χ4v) is 1.39. The van der Waals surface area contributed by atoms with Crippen LogP contribution in [0.25, 0.3) is 0 Å². The van der Waals surface area contributed by atoms with Crippen molar-refractivity contribution in [2.45, 2.75) is 19.9 Å². The van der Waals surface area contributed by atoms with Crippen molar-refractivity contribution < 1.29 is 4.79 Å². The Morgan fingerprint density at radius 1 is 1.47 bits per heavy atom. The van der Waals surface area contributed by atoms with Crippen LogP contribution in [0.4, 0.5) is 5.82 Å². The van der Waals surface area contributed by atoms with Gasteiger partial charge in [-0.1, -0.05) is 0 Å². The molecule has 0 aromatic carbocycles. The lowest BCUT2D eigenvalue weighted by molar-refractivity contribution is 0.0818. The van der Waals surface area contributed by atoms with Gasteiger partial charge in [0.05, 0.1) is 6.00 Å². The van der Waals surface area contributed by atoms with Crippen molar-refractivity contribution in [3.63, 3.8) is 0 Å². The number of nitrogens with zero attached hydrogens (tertiary/aromatic N) is 3.